The van der Waals surface area contributed by atoms with Crippen molar-refractivity contribution in [1.82, 2.24) is 15.3 Å². The summed E-state index contributed by atoms with van der Waals surface area (Å²) in [6.45, 7) is 0. The highest BCUT2D eigenvalue weighted by molar-refractivity contribution is 5.96. The van der Waals surface area contributed by atoms with E-state index in [2.05, 4.69) is 27.4 Å². The molecule has 1 amide bonds. The molecule has 5 heteroatoms. The molecule has 1 aromatic heterocycles. The second-order valence-electron chi connectivity index (χ2n) is 5.01. The molecular weight excluding hydrogens is 288 g/mol. The molecule has 0 aliphatic carbocycles. The number of hydrogen-bond acceptors (Lipinski definition) is 4. The van der Waals surface area contributed by atoms with Crippen LogP contribution in [0.1, 0.15) is 10.5 Å². The van der Waals surface area contributed by atoms with Gasteiger partial charge in [0.2, 0.25) is 0 Å². The van der Waals surface area contributed by atoms with Crippen molar-refractivity contribution in [1.29, 1.82) is 0 Å². The van der Waals surface area contributed by atoms with E-state index in [-0.39, 0.29) is 17.4 Å². The minimum absolute atomic E-state index is 0.119. The number of nitrogens with two attached hydrogens (primary N) is 1. The minimum Gasteiger partial charge on any atom is -0.382 e. The Labute approximate surface area is 134 Å². The molecule has 0 saturated heterocycles. The molecule has 5 nitrogen and oxygen atoms in total. The highest BCUT2D eigenvalue weighted by atomic mass is 16.1. The molecule has 114 valence electrons. The molecule has 0 fully saturated rings. The smallest absolute Gasteiger partial charge is 0.273 e. The first-order valence-corrected chi connectivity index (χ1v) is 7.19. The summed E-state index contributed by atoms with van der Waals surface area (Å²) < 4.78 is 0. The van der Waals surface area contributed by atoms with Gasteiger partial charge in [-0.2, -0.15) is 0 Å². The van der Waals surface area contributed by atoms with Crippen LogP contribution in [-0.4, -0.2) is 22.9 Å². The number of amides is 1. The van der Waals surface area contributed by atoms with Crippen LogP contribution in [0.25, 0.3) is 22.4 Å². The molecule has 0 radical (unpaired) electrons. The minimum atomic E-state index is -0.349. The quantitative estimate of drug-likeness (QED) is 0.779. The van der Waals surface area contributed by atoms with Crippen LogP contribution in [0, 0.1) is 0 Å². The first-order chi connectivity index (χ1) is 11.2. The molecule has 0 atom stereocenters. The largest absolute Gasteiger partial charge is 0.382 e. The van der Waals surface area contributed by atoms with E-state index in [1.165, 1.54) is 7.05 Å². The second kappa shape index (κ2) is 6.27. The van der Waals surface area contributed by atoms with Crippen LogP contribution < -0.4 is 11.1 Å². The van der Waals surface area contributed by atoms with Gasteiger partial charge in [-0.15, -0.1) is 0 Å². The molecule has 0 spiro atoms. The number of nitrogens with one attached hydrogen (secondary N) is 1. The summed E-state index contributed by atoms with van der Waals surface area (Å²) in [7, 11) is 1.53. The van der Waals surface area contributed by atoms with E-state index in [1.54, 1.807) is 6.20 Å². The maximum atomic E-state index is 11.8. The third-order valence-corrected chi connectivity index (χ3v) is 3.53. The maximum Gasteiger partial charge on any atom is 0.273 e. The highest BCUT2D eigenvalue weighted by Gasteiger charge is 2.13. The van der Waals surface area contributed by atoms with Gasteiger partial charge in [0, 0.05) is 12.6 Å². The average Bonchev–Trinajstić information content (AvgIpc) is 2.62. The number of anilines is 1. The Bertz CT molecular complexity index is 829. The van der Waals surface area contributed by atoms with Gasteiger partial charge in [-0.25, -0.2) is 9.97 Å². The van der Waals surface area contributed by atoms with Crippen LogP contribution in [0.15, 0.2) is 60.8 Å². The fourth-order valence-corrected chi connectivity index (χ4v) is 2.29. The lowest BCUT2D eigenvalue weighted by molar-refractivity contribution is 0.0959. The molecule has 3 N–H and O–H groups in total. The van der Waals surface area contributed by atoms with E-state index in [4.69, 9.17) is 5.73 Å². The molecular formula is C18H16N4O. The van der Waals surface area contributed by atoms with Gasteiger partial charge < -0.3 is 11.1 Å². The SMILES string of the molecule is CNC(=O)c1nc(-c2ccc(-c3ccccc3)cc2)cnc1N. The number of aromatic nitrogens is 2. The van der Waals surface area contributed by atoms with Crippen molar-refractivity contribution >= 4 is 11.7 Å². The monoisotopic (exact) mass is 304 g/mol. The summed E-state index contributed by atoms with van der Waals surface area (Å²) in [5, 5.41) is 2.51. The van der Waals surface area contributed by atoms with E-state index in [1.807, 2.05) is 42.5 Å². The Hall–Kier alpha value is -3.21. The Kier molecular flexibility index (Phi) is 4.01. The van der Waals surface area contributed by atoms with Crippen LogP contribution in [0.3, 0.4) is 0 Å². The van der Waals surface area contributed by atoms with Gasteiger partial charge in [0.25, 0.3) is 5.91 Å². The van der Waals surface area contributed by atoms with Gasteiger partial charge in [0.1, 0.15) is 0 Å². The number of carbonyl (C=O) groups is 1. The first-order valence-electron chi connectivity index (χ1n) is 7.19. The van der Waals surface area contributed by atoms with Crippen molar-refractivity contribution in [2.24, 2.45) is 0 Å². The van der Waals surface area contributed by atoms with Crippen LogP contribution in [0.2, 0.25) is 0 Å². The normalized spacial score (nSPS) is 10.3. The van der Waals surface area contributed by atoms with Gasteiger partial charge in [0.15, 0.2) is 11.5 Å². The fraction of sp³-hybridized carbons (Fsp3) is 0.0556. The molecule has 3 rings (SSSR count). The zero-order valence-corrected chi connectivity index (χ0v) is 12.7. The topological polar surface area (TPSA) is 80.9 Å². The highest BCUT2D eigenvalue weighted by Crippen LogP contribution is 2.24. The zero-order valence-electron chi connectivity index (χ0n) is 12.7. The third kappa shape index (κ3) is 3.03. The predicted octanol–water partition coefficient (Wildman–Crippen LogP) is 2.75. The molecule has 0 aliphatic rings. The number of carbonyl (C=O) groups excluding carboxylic acids is 1. The van der Waals surface area contributed by atoms with Crippen molar-refractivity contribution in [2.75, 3.05) is 12.8 Å². The molecule has 3 aromatic rings. The number of benzene rings is 2. The maximum absolute atomic E-state index is 11.8. The molecule has 1 heterocycles. The summed E-state index contributed by atoms with van der Waals surface area (Å²) >= 11 is 0. The van der Waals surface area contributed by atoms with Crippen molar-refractivity contribution in [3.63, 3.8) is 0 Å². The molecule has 0 saturated carbocycles. The van der Waals surface area contributed by atoms with E-state index in [9.17, 15) is 4.79 Å². The average molecular weight is 304 g/mol. The Balaban J connectivity index is 1.95. The van der Waals surface area contributed by atoms with Crippen LogP contribution in [0.5, 0.6) is 0 Å². The number of nitrogens with zero attached hydrogens (tertiary/aromatic N) is 2. The molecule has 0 aliphatic heterocycles. The van der Waals surface area contributed by atoms with Crippen LogP contribution in [-0.2, 0) is 0 Å². The Morgan fingerprint density at radius 1 is 0.957 bits per heavy atom. The van der Waals surface area contributed by atoms with E-state index in [0.29, 0.717) is 5.69 Å². The number of rotatable bonds is 3. The van der Waals surface area contributed by atoms with E-state index >= 15 is 0 Å². The standard InChI is InChI=1S/C18H16N4O/c1-20-18(23)16-17(19)21-11-15(22-16)14-9-7-13(8-10-14)12-5-3-2-4-6-12/h2-11H,1H3,(H2,19,21)(H,20,23). The van der Waals surface area contributed by atoms with Crippen molar-refractivity contribution in [2.45, 2.75) is 0 Å². The molecule has 0 bridgehead atoms. The summed E-state index contributed by atoms with van der Waals surface area (Å²) in [5.41, 5.74) is 9.59. The van der Waals surface area contributed by atoms with Crippen molar-refractivity contribution in [3.8, 4) is 22.4 Å². The van der Waals surface area contributed by atoms with Gasteiger partial charge >= 0.3 is 0 Å². The summed E-state index contributed by atoms with van der Waals surface area (Å²) in [6.07, 6.45) is 1.57. The van der Waals surface area contributed by atoms with Gasteiger partial charge in [-0.05, 0) is 11.1 Å². The molecule has 23 heavy (non-hydrogen) atoms. The first kappa shape index (κ1) is 14.7. The second-order valence-corrected chi connectivity index (χ2v) is 5.01. The van der Waals surface area contributed by atoms with Gasteiger partial charge in [0.05, 0.1) is 11.9 Å². The summed E-state index contributed by atoms with van der Waals surface area (Å²) in [4.78, 5) is 20.1. The van der Waals surface area contributed by atoms with Gasteiger partial charge in [-0.1, -0.05) is 54.6 Å². The Morgan fingerprint density at radius 3 is 2.22 bits per heavy atom. The number of hydrogen-bond donors (Lipinski definition) is 2. The molecule has 2 aromatic carbocycles. The Morgan fingerprint density at radius 2 is 1.57 bits per heavy atom. The zero-order chi connectivity index (χ0) is 16.2. The molecule has 0 unspecified atom stereocenters. The predicted molar refractivity (Wildman–Crippen MR) is 90.7 cm³/mol. The summed E-state index contributed by atoms with van der Waals surface area (Å²) in [5.74, 6) is -0.230. The lowest BCUT2D eigenvalue weighted by Gasteiger charge is -2.07. The number of nitrogen functional groups attached to an aromatic ring is 1. The van der Waals surface area contributed by atoms with E-state index < -0.39 is 0 Å². The van der Waals surface area contributed by atoms with Crippen molar-refractivity contribution in [3.05, 3.63) is 66.5 Å². The van der Waals surface area contributed by atoms with Crippen LogP contribution >= 0.6 is 0 Å². The fourth-order valence-electron chi connectivity index (χ4n) is 2.29. The van der Waals surface area contributed by atoms with E-state index in [0.717, 1.165) is 16.7 Å². The summed E-state index contributed by atoms with van der Waals surface area (Å²) in [6, 6.07) is 18.1. The van der Waals surface area contributed by atoms with Crippen molar-refractivity contribution < 1.29 is 4.79 Å². The third-order valence-electron chi connectivity index (χ3n) is 3.53. The lowest BCUT2D eigenvalue weighted by Crippen LogP contribution is -2.21. The van der Waals surface area contributed by atoms with Gasteiger partial charge in [-0.3, -0.25) is 4.79 Å². The van der Waals surface area contributed by atoms with Crippen LogP contribution in [0.4, 0.5) is 5.82 Å². The lowest BCUT2D eigenvalue weighted by atomic mass is 10.0.